The number of benzene rings is 2. The fraction of sp³-hybridized carbons (Fsp3) is 0.278. The first-order chi connectivity index (χ1) is 10.8. The van der Waals surface area contributed by atoms with Crippen LogP contribution in [0.15, 0.2) is 36.4 Å². The van der Waals surface area contributed by atoms with Crippen molar-refractivity contribution in [1.29, 1.82) is 0 Å². The lowest BCUT2D eigenvalue weighted by atomic mass is 9.81. The Balaban J connectivity index is 2.21. The molecule has 0 radical (unpaired) electrons. The molecule has 1 N–H and O–H groups in total. The molecule has 120 valence electrons. The van der Waals surface area contributed by atoms with Crippen molar-refractivity contribution in [2.24, 2.45) is 0 Å². The van der Waals surface area contributed by atoms with Crippen molar-refractivity contribution in [2.45, 2.75) is 32.4 Å². The van der Waals surface area contributed by atoms with E-state index in [0.29, 0.717) is 5.69 Å². The largest absolute Gasteiger partial charge is 0.416 e. The van der Waals surface area contributed by atoms with Gasteiger partial charge in [-0.05, 0) is 42.2 Å². The SMILES string of the molecule is Cc1ccc2c(c1C)NC(=O)CC2c1ccccc1C(F)(F)F. The number of hydrogen-bond donors (Lipinski definition) is 1. The number of halogens is 3. The minimum atomic E-state index is -4.44. The van der Waals surface area contributed by atoms with E-state index in [1.807, 2.05) is 26.0 Å². The molecule has 0 aromatic heterocycles. The standard InChI is InChI=1S/C18H16F3NO/c1-10-7-8-13-14(9-16(23)22-17(13)11(10)2)12-5-3-4-6-15(12)18(19,20)21/h3-8,14H,9H2,1-2H3,(H,22,23). The Morgan fingerprint density at radius 3 is 2.43 bits per heavy atom. The zero-order chi connectivity index (χ0) is 16.8. The van der Waals surface area contributed by atoms with Gasteiger partial charge in [-0.15, -0.1) is 0 Å². The second-order valence-corrected chi connectivity index (χ2v) is 5.86. The highest BCUT2D eigenvalue weighted by Crippen LogP contribution is 2.43. The van der Waals surface area contributed by atoms with Gasteiger partial charge in [0, 0.05) is 18.0 Å². The highest BCUT2D eigenvalue weighted by atomic mass is 19.4. The molecular formula is C18H16F3NO. The summed E-state index contributed by atoms with van der Waals surface area (Å²) < 4.78 is 40.0. The average Bonchev–Trinajstić information content (AvgIpc) is 2.50. The average molecular weight is 319 g/mol. The first-order valence-corrected chi connectivity index (χ1v) is 7.35. The smallest absolute Gasteiger partial charge is 0.326 e. The Morgan fingerprint density at radius 1 is 1.04 bits per heavy atom. The van der Waals surface area contributed by atoms with Gasteiger partial charge in [-0.25, -0.2) is 0 Å². The van der Waals surface area contributed by atoms with E-state index in [2.05, 4.69) is 5.32 Å². The lowest BCUT2D eigenvalue weighted by Gasteiger charge is -2.29. The number of fused-ring (bicyclic) bond motifs is 1. The number of hydrogen-bond acceptors (Lipinski definition) is 1. The summed E-state index contributed by atoms with van der Waals surface area (Å²) in [6, 6.07) is 9.19. The number of carbonyl (C=O) groups is 1. The topological polar surface area (TPSA) is 29.1 Å². The van der Waals surface area contributed by atoms with E-state index in [1.54, 1.807) is 6.07 Å². The van der Waals surface area contributed by atoms with Gasteiger partial charge in [0.2, 0.25) is 5.91 Å². The number of anilines is 1. The maximum absolute atomic E-state index is 13.3. The third-order valence-corrected chi connectivity index (χ3v) is 4.44. The molecule has 0 saturated heterocycles. The molecule has 1 heterocycles. The molecule has 23 heavy (non-hydrogen) atoms. The van der Waals surface area contributed by atoms with E-state index >= 15 is 0 Å². The molecule has 3 rings (SSSR count). The molecule has 2 aromatic rings. The minimum Gasteiger partial charge on any atom is -0.326 e. The molecule has 0 saturated carbocycles. The van der Waals surface area contributed by atoms with Gasteiger partial charge in [0.1, 0.15) is 0 Å². The Labute approximate surface area is 132 Å². The molecule has 1 aliphatic rings. The number of amides is 1. The van der Waals surface area contributed by atoms with E-state index in [-0.39, 0.29) is 17.9 Å². The van der Waals surface area contributed by atoms with Crippen molar-refractivity contribution in [3.05, 3.63) is 64.2 Å². The molecule has 1 amide bonds. The number of carbonyl (C=O) groups excluding carboxylic acids is 1. The Bertz CT molecular complexity index is 780. The molecule has 5 heteroatoms. The van der Waals surface area contributed by atoms with Gasteiger partial charge in [0.25, 0.3) is 0 Å². The molecule has 2 aromatic carbocycles. The highest BCUT2D eigenvalue weighted by Gasteiger charge is 2.37. The van der Waals surface area contributed by atoms with Gasteiger partial charge in [0.15, 0.2) is 0 Å². The summed E-state index contributed by atoms with van der Waals surface area (Å²) in [5.74, 6) is -0.843. The van der Waals surface area contributed by atoms with Crippen LogP contribution in [0.3, 0.4) is 0 Å². The van der Waals surface area contributed by atoms with Crippen molar-refractivity contribution in [1.82, 2.24) is 0 Å². The van der Waals surface area contributed by atoms with Crippen LogP contribution in [0.5, 0.6) is 0 Å². The zero-order valence-corrected chi connectivity index (χ0v) is 12.8. The maximum Gasteiger partial charge on any atom is 0.416 e. The predicted molar refractivity (Wildman–Crippen MR) is 82.4 cm³/mol. The van der Waals surface area contributed by atoms with Gasteiger partial charge in [-0.3, -0.25) is 4.79 Å². The Hall–Kier alpha value is -2.30. The molecule has 2 nitrogen and oxygen atoms in total. The Morgan fingerprint density at radius 2 is 1.74 bits per heavy atom. The van der Waals surface area contributed by atoms with Crippen LogP contribution in [-0.4, -0.2) is 5.91 Å². The number of nitrogens with one attached hydrogen (secondary N) is 1. The van der Waals surface area contributed by atoms with Crippen LogP contribution in [0.2, 0.25) is 0 Å². The van der Waals surface area contributed by atoms with Crippen LogP contribution < -0.4 is 5.32 Å². The lowest BCUT2D eigenvalue weighted by molar-refractivity contribution is -0.138. The third-order valence-electron chi connectivity index (χ3n) is 4.44. The molecule has 0 fully saturated rings. The quantitative estimate of drug-likeness (QED) is 0.804. The van der Waals surface area contributed by atoms with Gasteiger partial charge in [-0.2, -0.15) is 13.2 Å². The normalized spacial score (nSPS) is 17.6. The van der Waals surface area contributed by atoms with Crippen LogP contribution in [0, 0.1) is 13.8 Å². The predicted octanol–water partition coefficient (Wildman–Crippen LogP) is 4.80. The summed E-state index contributed by atoms with van der Waals surface area (Å²) in [5.41, 5.74) is 2.75. The van der Waals surface area contributed by atoms with Crippen molar-refractivity contribution in [3.8, 4) is 0 Å². The fourth-order valence-electron chi connectivity index (χ4n) is 3.12. The maximum atomic E-state index is 13.3. The molecule has 1 aliphatic heterocycles. The number of alkyl halides is 3. The summed E-state index contributed by atoms with van der Waals surface area (Å²) in [5, 5.41) is 2.81. The monoisotopic (exact) mass is 319 g/mol. The van der Waals surface area contributed by atoms with Gasteiger partial charge in [-0.1, -0.05) is 30.3 Å². The molecule has 0 aliphatic carbocycles. The van der Waals surface area contributed by atoms with Gasteiger partial charge >= 0.3 is 6.18 Å². The molecule has 1 unspecified atom stereocenters. The van der Waals surface area contributed by atoms with Crippen LogP contribution in [0.4, 0.5) is 18.9 Å². The minimum absolute atomic E-state index is 0.0165. The number of aryl methyl sites for hydroxylation is 1. The fourth-order valence-corrected chi connectivity index (χ4v) is 3.12. The molecule has 0 bridgehead atoms. The lowest BCUT2D eigenvalue weighted by Crippen LogP contribution is -2.26. The summed E-state index contributed by atoms with van der Waals surface area (Å²) in [6.07, 6.45) is -4.42. The Kier molecular flexibility index (Phi) is 3.66. The first kappa shape index (κ1) is 15.6. The van der Waals surface area contributed by atoms with Crippen LogP contribution >= 0.6 is 0 Å². The van der Waals surface area contributed by atoms with Crippen molar-refractivity contribution >= 4 is 11.6 Å². The molecule has 1 atom stereocenters. The van der Waals surface area contributed by atoms with Crippen LogP contribution in [0.25, 0.3) is 0 Å². The zero-order valence-electron chi connectivity index (χ0n) is 12.8. The first-order valence-electron chi connectivity index (χ1n) is 7.35. The van der Waals surface area contributed by atoms with E-state index in [0.717, 1.165) is 22.8 Å². The summed E-state index contributed by atoms with van der Waals surface area (Å²) in [7, 11) is 0. The summed E-state index contributed by atoms with van der Waals surface area (Å²) in [6.45, 7) is 3.78. The summed E-state index contributed by atoms with van der Waals surface area (Å²) in [4.78, 5) is 12.0. The molecule has 0 spiro atoms. The highest BCUT2D eigenvalue weighted by molar-refractivity contribution is 5.96. The summed E-state index contributed by atoms with van der Waals surface area (Å²) >= 11 is 0. The van der Waals surface area contributed by atoms with Crippen molar-refractivity contribution < 1.29 is 18.0 Å². The van der Waals surface area contributed by atoms with Gasteiger partial charge < -0.3 is 5.32 Å². The van der Waals surface area contributed by atoms with Crippen molar-refractivity contribution in [3.63, 3.8) is 0 Å². The second kappa shape index (κ2) is 5.41. The number of rotatable bonds is 1. The van der Waals surface area contributed by atoms with E-state index in [4.69, 9.17) is 0 Å². The van der Waals surface area contributed by atoms with E-state index < -0.39 is 17.7 Å². The second-order valence-electron chi connectivity index (χ2n) is 5.86. The van der Waals surface area contributed by atoms with Crippen LogP contribution in [-0.2, 0) is 11.0 Å². The van der Waals surface area contributed by atoms with E-state index in [9.17, 15) is 18.0 Å². The van der Waals surface area contributed by atoms with Gasteiger partial charge in [0.05, 0.1) is 5.56 Å². The molecular weight excluding hydrogens is 303 g/mol. The third kappa shape index (κ3) is 2.71. The van der Waals surface area contributed by atoms with Crippen molar-refractivity contribution in [2.75, 3.05) is 5.32 Å². The van der Waals surface area contributed by atoms with E-state index in [1.165, 1.54) is 12.1 Å². The van der Waals surface area contributed by atoms with Crippen LogP contribution in [0.1, 0.15) is 40.2 Å².